The van der Waals surface area contributed by atoms with Crippen LogP contribution < -0.4 is 4.90 Å². The van der Waals surface area contributed by atoms with E-state index in [0.717, 1.165) is 12.1 Å². The van der Waals surface area contributed by atoms with Crippen LogP contribution >= 0.6 is 11.6 Å². The summed E-state index contributed by atoms with van der Waals surface area (Å²) in [7, 11) is -3.15. The molecule has 0 radical (unpaired) electrons. The Morgan fingerprint density at radius 1 is 1.40 bits per heavy atom. The minimum atomic E-state index is -4.52. The monoisotopic (exact) mass is 328 g/mol. The summed E-state index contributed by atoms with van der Waals surface area (Å²) >= 11 is 5.62. The van der Waals surface area contributed by atoms with E-state index < -0.39 is 27.6 Å². The third-order valence-corrected chi connectivity index (χ3v) is 5.06. The van der Waals surface area contributed by atoms with Gasteiger partial charge in [0.15, 0.2) is 9.84 Å². The van der Waals surface area contributed by atoms with Crippen LogP contribution in [0.1, 0.15) is 12.5 Å². The second kappa shape index (κ2) is 5.07. The molecule has 1 aliphatic rings. The lowest BCUT2D eigenvalue weighted by atomic mass is 10.2. The normalized spacial score (nSPS) is 22.9. The largest absolute Gasteiger partial charge is 0.416 e. The van der Waals surface area contributed by atoms with E-state index in [-0.39, 0.29) is 29.0 Å². The van der Waals surface area contributed by atoms with Gasteiger partial charge in [-0.15, -0.1) is 0 Å². The Morgan fingerprint density at radius 2 is 2.05 bits per heavy atom. The summed E-state index contributed by atoms with van der Waals surface area (Å²) < 4.78 is 61.2. The van der Waals surface area contributed by atoms with Gasteiger partial charge in [-0.25, -0.2) is 13.4 Å². The first kappa shape index (κ1) is 15.4. The zero-order valence-corrected chi connectivity index (χ0v) is 12.1. The molecule has 1 aromatic heterocycles. The van der Waals surface area contributed by atoms with Crippen LogP contribution in [0.5, 0.6) is 0 Å². The highest BCUT2D eigenvalue weighted by Crippen LogP contribution is 2.33. The lowest BCUT2D eigenvalue weighted by Crippen LogP contribution is -2.47. The molecule has 0 aromatic carbocycles. The molecule has 1 aliphatic heterocycles. The number of alkyl halides is 3. The third kappa shape index (κ3) is 3.35. The number of rotatable bonds is 1. The fraction of sp³-hybridized carbons (Fsp3) is 0.545. The number of hydrogen-bond donors (Lipinski definition) is 0. The Labute approximate surface area is 119 Å². The maximum atomic E-state index is 12.7. The second-order valence-corrected chi connectivity index (χ2v) is 7.31. The quantitative estimate of drug-likeness (QED) is 0.743. The summed E-state index contributed by atoms with van der Waals surface area (Å²) in [5, 5.41) is -0.268. The highest BCUT2D eigenvalue weighted by Gasteiger charge is 2.34. The smallest absolute Gasteiger partial charge is 0.352 e. The number of aromatic nitrogens is 1. The van der Waals surface area contributed by atoms with E-state index in [4.69, 9.17) is 11.6 Å². The second-order valence-electron chi connectivity index (χ2n) is 4.69. The van der Waals surface area contributed by atoms with Gasteiger partial charge in [0, 0.05) is 12.6 Å². The van der Waals surface area contributed by atoms with Gasteiger partial charge >= 0.3 is 6.18 Å². The molecular weight excluding hydrogens is 317 g/mol. The zero-order chi connectivity index (χ0) is 15.1. The van der Waals surface area contributed by atoms with Crippen molar-refractivity contribution in [3.8, 4) is 0 Å². The molecule has 112 valence electrons. The number of pyridine rings is 1. The fourth-order valence-corrected chi connectivity index (χ4v) is 3.89. The lowest BCUT2D eigenvalue weighted by Gasteiger charge is -2.34. The van der Waals surface area contributed by atoms with Crippen molar-refractivity contribution in [2.45, 2.75) is 19.1 Å². The highest BCUT2D eigenvalue weighted by atomic mass is 35.5. The standard InChI is InChI=1S/C11H12ClF3N2O2S/c1-7-6-20(18,19)3-2-17(7)10-5-8(11(13,14)15)4-9(12)16-10/h4-5,7H,2-3,6H2,1H3. The van der Waals surface area contributed by atoms with Crippen molar-refractivity contribution in [2.24, 2.45) is 0 Å². The van der Waals surface area contributed by atoms with E-state index in [9.17, 15) is 21.6 Å². The van der Waals surface area contributed by atoms with Gasteiger partial charge in [0.1, 0.15) is 11.0 Å². The van der Waals surface area contributed by atoms with E-state index in [1.54, 1.807) is 6.92 Å². The van der Waals surface area contributed by atoms with Crippen molar-refractivity contribution >= 4 is 27.3 Å². The van der Waals surface area contributed by atoms with Gasteiger partial charge < -0.3 is 4.90 Å². The van der Waals surface area contributed by atoms with E-state index in [2.05, 4.69) is 4.98 Å². The highest BCUT2D eigenvalue weighted by molar-refractivity contribution is 7.91. The topological polar surface area (TPSA) is 50.3 Å². The molecule has 1 saturated heterocycles. The fourth-order valence-electron chi connectivity index (χ4n) is 2.13. The molecule has 0 amide bonds. The number of sulfone groups is 1. The molecule has 1 fully saturated rings. The molecule has 0 spiro atoms. The van der Waals surface area contributed by atoms with E-state index in [1.807, 2.05) is 0 Å². The van der Waals surface area contributed by atoms with E-state index >= 15 is 0 Å². The zero-order valence-electron chi connectivity index (χ0n) is 10.5. The molecule has 4 nitrogen and oxygen atoms in total. The van der Waals surface area contributed by atoms with Gasteiger partial charge in [-0.05, 0) is 19.1 Å². The van der Waals surface area contributed by atoms with Gasteiger partial charge in [0.25, 0.3) is 0 Å². The van der Waals surface area contributed by atoms with Crippen LogP contribution in [0.25, 0.3) is 0 Å². The molecule has 2 rings (SSSR count). The maximum absolute atomic E-state index is 12.7. The van der Waals surface area contributed by atoms with Gasteiger partial charge in [0.2, 0.25) is 0 Å². The summed E-state index contributed by atoms with van der Waals surface area (Å²) in [6.07, 6.45) is -4.52. The minimum absolute atomic E-state index is 0.0484. The molecule has 0 aliphatic carbocycles. The number of halogens is 4. The molecule has 1 atom stereocenters. The average Bonchev–Trinajstić information content (AvgIpc) is 2.25. The molecule has 2 heterocycles. The van der Waals surface area contributed by atoms with Gasteiger partial charge in [-0.1, -0.05) is 11.6 Å². The number of anilines is 1. The summed E-state index contributed by atoms with van der Waals surface area (Å²) in [4.78, 5) is 5.40. The summed E-state index contributed by atoms with van der Waals surface area (Å²) in [6, 6.07) is 1.19. The molecule has 1 aromatic rings. The first-order valence-corrected chi connectivity index (χ1v) is 8.00. The van der Waals surface area contributed by atoms with Crippen LogP contribution in [0.15, 0.2) is 12.1 Å². The third-order valence-electron chi connectivity index (χ3n) is 3.07. The number of nitrogens with zero attached hydrogens (tertiary/aromatic N) is 2. The Balaban J connectivity index is 2.36. The predicted molar refractivity (Wildman–Crippen MR) is 69.7 cm³/mol. The van der Waals surface area contributed by atoms with Crippen molar-refractivity contribution in [3.63, 3.8) is 0 Å². The molecule has 0 saturated carbocycles. The maximum Gasteiger partial charge on any atom is 0.416 e. The molecule has 1 unspecified atom stereocenters. The first-order valence-electron chi connectivity index (χ1n) is 5.80. The minimum Gasteiger partial charge on any atom is -0.352 e. The van der Waals surface area contributed by atoms with Crippen molar-refractivity contribution in [1.29, 1.82) is 0 Å². The summed E-state index contributed by atoms with van der Waals surface area (Å²) in [6.45, 7) is 1.74. The molecule has 0 N–H and O–H groups in total. The van der Waals surface area contributed by atoms with Gasteiger partial charge in [-0.2, -0.15) is 13.2 Å². The van der Waals surface area contributed by atoms with Crippen LogP contribution in [0, 0.1) is 0 Å². The van der Waals surface area contributed by atoms with Crippen LogP contribution in [0.3, 0.4) is 0 Å². The summed E-state index contributed by atoms with van der Waals surface area (Å²) in [5.41, 5.74) is -0.895. The molecule has 0 bridgehead atoms. The van der Waals surface area contributed by atoms with E-state index in [1.165, 1.54) is 4.90 Å². The van der Waals surface area contributed by atoms with Crippen molar-refractivity contribution < 1.29 is 21.6 Å². The van der Waals surface area contributed by atoms with Crippen LogP contribution in [-0.4, -0.2) is 37.5 Å². The van der Waals surface area contributed by atoms with Crippen LogP contribution in [0.4, 0.5) is 19.0 Å². The van der Waals surface area contributed by atoms with Crippen molar-refractivity contribution in [1.82, 2.24) is 4.98 Å². The summed E-state index contributed by atoms with van der Waals surface area (Å²) in [5.74, 6) is -0.165. The van der Waals surface area contributed by atoms with Gasteiger partial charge in [-0.3, -0.25) is 0 Å². The predicted octanol–water partition coefficient (Wildman–Crippen LogP) is 2.38. The molecular formula is C11H12ClF3N2O2S. The Hall–Kier alpha value is -1.02. The number of hydrogen-bond acceptors (Lipinski definition) is 4. The van der Waals surface area contributed by atoms with Crippen molar-refractivity contribution in [2.75, 3.05) is 23.0 Å². The van der Waals surface area contributed by atoms with Crippen LogP contribution in [0.2, 0.25) is 5.15 Å². The lowest BCUT2D eigenvalue weighted by molar-refractivity contribution is -0.137. The Bertz CT molecular complexity index is 619. The first-order chi connectivity index (χ1) is 9.08. The average molecular weight is 329 g/mol. The Kier molecular flexibility index (Phi) is 3.90. The molecule has 9 heteroatoms. The van der Waals surface area contributed by atoms with Gasteiger partial charge in [0.05, 0.1) is 17.1 Å². The van der Waals surface area contributed by atoms with Crippen molar-refractivity contribution in [3.05, 3.63) is 22.8 Å². The SMILES string of the molecule is CC1CS(=O)(=O)CCN1c1cc(C(F)(F)F)cc(Cl)n1. The van der Waals surface area contributed by atoms with Crippen LogP contribution in [-0.2, 0) is 16.0 Å². The van der Waals surface area contributed by atoms with E-state index in [0.29, 0.717) is 0 Å². The molecule has 20 heavy (non-hydrogen) atoms. The Morgan fingerprint density at radius 3 is 2.60 bits per heavy atom.